The quantitative estimate of drug-likeness (QED) is 0.744. The lowest BCUT2D eigenvalue weighted by atomic mass is 9.98. The van der Waals surface area contributed by atoms with E-state index in [0.717, 1.165) is 43.1 Å². The van der Waals surface area contributed by atoms with Gasteiger partial charge in [-0.15, -0.1) is 0 Å². The molecule has 26 heavy (non-hydrogen) atoms. The molecule has 0 spiro atoms. The van der Waals surface area contributed by atoms with Crippen molar-refractivity contribution >= 4 is 11.9 Å². The van der Waals surface area contributed by atoms with Crippen LogP contribution in [0.2, 0.25) is 0 Å². The van der Waals surface area contributed by atoms with Gasteiger partial charge in [0, 0.05) is 18.7 Å². The fraction of sp³-hybridized carbons (Fsp3) is 0.476. The van der Waals surface area contributed by atoms with Crippen LogP contribution in [0.4, 0.5) is 5.95 Å². The van der Waals surface area contributed by atoms with Crippen LogP contribution in [-0.2, 0) is 4.74 Å². The van der Waals surface area contributed by atoms with Crippen molar-refractivity contribution in [1.82, 2.24) is 9.97 Å². The number of anilines is 1. The van der Waals surface area contributed by atoms with Gasteiger partial charge >= 0.3 is 5.97 Å². The summed E-state index contributed by atoms with van der Waals surface area (Å²) in [6.07, 6.45) is 3.56. The molecule has 1 aromatic carbocycles. The second kappa shape index (κ2) is 8.30. The highest BCUT2D eigenvalue weighted by atomic mass is 16.5. The highest BCUT2D eigenvalue weighted by molar-refractivity contribution is 5.97. The van der Waals surface area contributed by atoms with Crippen molar-refractivity contribution in [2.24, 2.45) is 0 Å². The number of benzene rings is 1. The molecule has 5 nitrogen and oxygen atoms in total. The molecule has 1 saturated heterocycles. The molecule has 0 aliphatic carbocycles. The molecule has 0 radical (unpaired) electrons. The maximum absolute atomic E-state index is 12.7. The number of aromatic nitrogens is 2. The number of esters is 1. The lowest BCUT2D eigenvalue weighted by molar-refractivity contribution is 0.0524. The van der Waals surface area contributed by atoms with Crippen molar-refractivity contribution in [2.75, 3.05) is 24.6 Å². The summed E-state index contributed by atoms with van der Waals surface area (Å²) < 4.78 is 5.33. The molecule has 1 fully saturated rings. The Morgan fingerprint density at radius 3 is 2.42 bits per heavy atom. The van der Waals surface area contributed by atoms with E-state index >= 15 is 0 Å². The first kappa shape index (κ1) is 18.4. The van der Waals surface area contributed by atoms with Gasteiger partial charge in [0.2, 0.25) is 5.95 Å². The number of carbonyl (C=O) groups is 1. The number of hydrogen-bond donors (Lipinski definition) is 0. The maximum Gasteiger partial charge on any atom is 0.342 e. The lowest BCUT2D eigenvalue weighted by Crippen LogP contribution is -2.32. The summed E-state index contributed by atoms with van der Waals surface area (Å²) in [7, 11) is 0. The fourth-order valence-electron chi connectivity index (χ4n) is 3.33. The SMILES string of the molecule is CCOC(=O)c1c(-c2ccccc2)nc(N2CCCCC2)nc1C(C)C. The van der Waals surface area contributed by atoms with Crippen molar-refractivity contribution in [3.63, 3.8) is 0 Å². The molecule has 0 bridgehead atoms. The van der Waals surface area contributed by atoms with Crippen molar-refractivity contribution in [2.45, 2.75) is 46.0 Å². The van der Waals surface area contributed by atoms with Gasteiger partial charge in [-0.1, -0.05) is 44.2 Å². The summed E-state index contributed by atoms with van der Waals surface area (Å²) in [5.41, 5.74) is 2.84. The summed E-state index contributed by atoms with van der Waals surface area (Å²) in [6, 6.07) is 9.85. The van der Waals surface area contributed by atoms with E-state index in [1.54, 1.807) is 0 Å². The third-order valence-corrected chi connectivity index (χ3v) is 4.64. The molecule has 5 heteroatoms. The minimum Gasteiger partial charge on any atom is -0.462 e. The zero-order valence-electron chi connectivity index (χ0n) is 15.9. The van der Waals surface area contributed by atoms with Gasteiger partial charge in [-0.25, -0.2) is 14.8 Å². The van der Waals surface area contributed by atoms with Crippen LogP contribution in [0.5, 0.6) is 0 Å². The average Bonchev–Trinajstić information content (AvgIpc) is 2.68. The minimum absolute atomic E-state index is 0.100. The zero-order chi connectivity index (χ0) is 18.5. The van der Waals surface area contributed by atoms with Gasteiger partial charge in [0.25, 0.3) is 0 Å². The highest BCUT2D eigenvalue weighted by Crippen LogP contribution is 2.31. The Labute approximate surface area is 155 Å². The van der Waals surface area contributed by atoms with E-state index < -0.39 is 0 Å². The highest BCUT2D eigenvalue weighted by Gasteiger charge is 2.26. The average molecular weight is 353 g/mol. The molecule has 1 aliphatic heterocycles. The van der Waals surface area contributed by atoms with Crippen molar-refractivity contribution in [3.05, 3.63) is 41.6 Å². The maximum atomic E-state index is 12.7. The summed E-state index contributed by atoms with van der Waals surface area (Å²) in [4.78, 5) is 24.6. The summed E-state index contributed by atoms with van der Waals surface area (Å²) in [5, 5.41) is 0. The molecule has 1 aromatic heterocycles. The van der Waals surface area contributed by atoms with E-state index in [2.05, 4.69) is 18.7 Å². The molecule has 138 valence electrons. The molecule has 0 saturated carbocycles. The Balaban J connectivity index is 2.19. The van der Waals surface area contributed by atoms with Crippen LogP contribution in [0.25, 0.3) is 11.3 Å². The van der Waals surface area contributed by atoms with Crippen LogP contribution >= 0.6 is 0 Å². The molecule has 2 heterocycles. The number of carbonyl (C=O) groups excluding carboxylic acids is 1. The van der Waals surface area contributed by atoms with E-state index in [4.69, 9.17) is 14.7 Å². The standard InChI is InChI=1S/C21H27N3O2/c1-4-26-20(25)17-18(15(2)3)22-21(24-13-9-6-10-14-24)23-19(17)16-11-7-5-8-12-16/h5,7-8,11-12,15H,4,6,9-10,13-14H2,1-3H3. The molecule has 0 N–H and O–H groups in total. The van der Waals surface area contributed by atoms with Crippen molar-refractivity contribution in [1.29, 1.82) is 0 Å². The first-order chi connectivity index (χ1) is 12.6. The van der Waals surface area contributed by atoms with Gasteiger partial charge < -0.3 is 9.64 Å². The third kappa shape index (κ3) is 3.87. The van der Waals surface area contributed by atoms with E-state index in [0.29, 0.717) is 17.9 Å². The van der Waals surface area contributed by atoms with Gasteiger partial charge in [-0.2, -0.15) is 0 Å². The van der Waals surface area contributed by atoms with Gasteiger partial charge in [0.15, 0.2) is 0 Å². The second-order valence-corrected chi connectivity index (χ2v) is 6.92. The molecule has 2 aromatic rings. The summed E-state index contributed by atoms with van der Waals surface area (Å²) >= 11 is 0. The van der Waals surface area contributed by atoms with Crippen LogP contribution in [0.3, 0.4) is 0 Å². The number of nitrogens with zero attached hydrogens (tertiary/aromatic N) is 3. The first-order valence-electron chi connectivity index (χ1n) is 9.51. The Hall–Kier alpha value is -2.43. The Bertz CT molecular complexity index is 753. The normalized spacial score (nSPS) is 14.5. The minimum atomic E-state index is -0.347. The number of hydrogen-bond acceptors (Lipinski definition) is 5. The van der Waals surface area contributed by atoms with Gasteiger partial charge in [-0.05, 0) is 32.1 Å². The van der Waals surface area contributed by atoms with E-state index in [1.165, 1.54) is 6.42 Å². The molecular formula is C21H27N3O2. The van der Waals surface area contributed by atoms with Crippen LogP contribution < -0.4 is 4.90 Å². The van der Waals surface area contributed by atoms with Gasteiger partial charge in [-0.3, -0.25) is 0 Å². The van der Waals surface area contributed by atoms with Crippen molar-refractivity contribution < 1.29 is 9.53 Å². The largest absolute Gasteiger partial charge is 0.462 e. The van der Waals surface area contributed by atoms with Gasteiger partial charge in [0.1, 0.15) is 5.56 Å². The number of rotatable bonds is 5. The predicted octanol–water partition coefficient (Wildman–Crippen LogP) is 4.43. The molecule has 1 aliphatic rings. The van der Waals surface area contributed by atoms with E-state index in [9.17, 15) is 4.79 Å². The fourth-order valence-corrected chi connectivity index (χ4v) is 3.33. The molecule has 0 amide bonds. The lowest BCUT2D eigenvalue weighted by Gasteiger charge is -2.28. The van der Waals surface area contributed by atoms with Crippen LogP contribution in [-0.4, -0.2) is 35.6 Å². The molecule has 3 rings (SSSR count). The predicted molar refractivity (Wildman–Crippen MR) is 104 cm³/mol. The van der Waals surface area contributed by atoms with Crippen LogP contribution in [0.15, 0.2) is 30.3 Å². The van der Waals surface area contributed by atoms with Crippen molar-refractivity contribution in [3.8, 4) is 11.3 Å². The smallest absolute Gasteiger partial charge is 0.342 e. The Morgan fingerprint density at radius 2 is 1.81 bits per heavy atom. The summed E-state index contributed by atoms with van der Waals surface area (Å²) in [6.45, 7) is 8.19. The summed E-state index contributed by atoms with van der Waals surface area (Å²) in [5.74, 6) is 0.476. The van der Waals surface area contributed by atoms with E-state index in [-0.39, 0.29) is 11.9 Å². The topological polar surface area (TPSA) is 55.3 Å². The van der Waals surface area contributed by atoms with Gasteiger partial charge in [0.05, 0.1) is 18.0 Å². The third-order valence-electron chi connectivity index (χ3n) is 4.64. The zero-order valence-corrected chi connectivity index (χ0v) is 15.9. The van der Waals surface area contributed by atoms with E-state index in [1.807, 2.05) is 37.3 Å². The van der Waals surface area contributed by atoms with Crippen LogP contribution in [0.1, 0.15) is 62.0 Å². The number of piperidine rings is 1. The first-order valence-corrected chi connectivity index (χ1v) is 9.51. The number of ether oxygens (including phenoxy) is 1. The van der Waals surface area contributed by atoms with Crippen LogP contribution in [0, 0.1) is 0 Å². The molecular weight excluding hydrogens is 326 g/mol. The molecule has 0 unspecified atom stereocenters. The second-order valence-electron chi connectivity index (χ2n) is 6.92. The Kier molecular flexibility index (Phi) is 5.86. The Morgan fingerprint density at radius 1 is 1.12 bits per heavy atom. The molecule has 0 atom stereocenters. The monoisotopic (exact) mass is 353 g/mol.